The van der Waals surface area contributed by atoms with Gasteiger partial charge in [0.15, 0.2) is 0 Å². The molecule has 2 fully saturated rings. The quantitative estimate of drug-likeness (QED) is 0.203. The van der Waals surface area contributed by atoms with Crippen molar-refractivity contribution in [3.05, 3.63) is 131 Å². The van der Waals surface area contributed by atoms with Crippen molar-refractivity contribution < 1.29 is 0 Å². The summed E-state index contributed by atoms with van der Waals surface area (Å²) in [4.78, 5) is 0. The second kappa shape index (κ2) is 12.5. The normalized spacial score (nSPS) is 21.0. The van der Waals surface area contributed by atoms with Gasteiger partial charge in [-0.15, -0.1) is 0 Å². The van der Waals surface area contributed by atoms with Crippen LogP contribution >= 0.6 is 16.1 Å². The molecule has 2 saturated heterocycles. The van der Waals surface area contributed by atoms with Gasteiger partial charge in [0, 0.05) is 35.3 Å². The molecule has 3 nitrogen and oxygen atoms in total. The minimum atomic E-state index is -0.766. The van der Waals surface area contributed by atoms with Crippen molar-refractivity contribution in [1.29, 1.82) is 0 Å². The van der Waals surface area contributed by atoms with E-state index in [2.05, 4.69) is 152 Å². The van der Waals surface area contributed by atoms with E-state index in [1.165, 1.54) is 51.3 Å². The van der Waals surface area contributed by atoms with Gasteiger partial charge in [0.1, 0.15) is 0 Å². The fourth-order valence-corrected chi connectivity index (χ4v) is 14.4. The lowest BCUT2D eigenvalue weighted by molar-refractivity contribution is -0.0531. The molecular weight excluding hydrogens is 536 g/mol. The summed E-state index contributed by atoms with van der Waals surface area (Å²) >= 11 is 0. The van der Waals surface area contributed by atoms with Crippen molar-refractivity contribution in [2.45, 2.75) is 65.1 Å². The zero-order valence-electron chi connectivity index (χ0n) is 25.1. The third-order valence-electron chi connectivity index (χ3n) is 8.22. The topological polar surface area (TPSA) is 9.72 Å². The van der Waals surface area contributed by atoms with Crippen molar-refractivity contribution in [3.63, 3.8) is 0 Å². The van der Waals surface area contributed by atoms with Crippen molar-refractivity contribution in [1.82, 2.24) is 14.5 Å². The van der Waals surface area contributed by atoms with Crippen LogP contribution in [0.3, 0.4) is 0 Å². The van der Waals surface area contributed by atoms with Crippen LogP contribution in [-0.4, -0.2) is 33.6 Å². The zero-order valence-corrected chi connectivity index (χ0v) is 26.9. The summed E-state index contributed by atoms with van der Waals surface area (Å²) in [6.45, 7) is 13.9. The van der Waals surface area contributed by atoms with Crippen LogP contribution in [0.4, 0.5) is 0 Å². The fourth-order valence-electron chi connectivity index (χ4n) is 6.68. The summed E-state index contributed by atoms with van der Waals surface area (Å²) < 4.78 is 3.00. The van der Waals surface area contributed by atoms with Crippen LogP contribution in [0.2, 0.25) is 0 Å². The van der Waals surface area contributed by atoms with Gasteiger partial charge in [-0.2, -0.15) is 0 Å². The lowest BCUT2D eigenvalue weighted by Gasteiger charge is -2.44. The molecule has 41 heavy (non-hydrogen) atoms. The third-order valence-corrected chi connectivity index (χ3v) is 14.8. The van der Waals surface area contributed by atoms with Crippen LogP contribution in [0.1, 0.15) is 66.1 Å². The Labute approximate surface area is 249 Å². The Kier molecular flexibility index (Phi) is 8.73. The second-order valence-corrected chi connectivity index (χ2v) is 16.5. The van der Waals surface area contributed by atoms with Gasteiger partial charge in [-0.05, 0) is 87.4 Å². The lowest BCUT2D eigenvalue weighted by atomic mass is 10.1. The number of hydrazine groups is 1. The Balaban J connectivity index is 1.61. The predicted octanol–water partition coefficient (Wildman–Crippen LogP) is 8.79. The Morgan fingerprint density at radius 2 is 1.15 bits per heavy atom. The number of hydrogen-bond acceptors (Lipinski definition) is 3. The predicted molar refractivity (Wildman–Crippen MR) is 178 cm³/mol. The Morgan fingerprint density at radius 1 is 0.634 bits per heavy atom. The first-order chi connectivity index (χ1) is 19.9. The number of hydrogen-bond donors (Lipinski definition) is 0. The monoisotopic (exact) mass is 579 g/mol. The van der Waals surface area contributed by atoms with Crippen LogP contribution in [-0.2, 0) is 0 Å². The van der Waals surface area contributed by atoms with Gasteiger partial charge in [0.05, 0.1) is 11.6 Å². The molecule has 2 aliphatic rings. The van der Waals surface area contributed by atoms with Gasteiger partial charge >= 0.3 is 0 Å². The van der Waals surface area contributed by atoms with Crippen LogP contribution in [0.5, 0.6) is 0 Å². The molecule has 6 rings (SSSR count). The molecule has 3 atom stereocenters. The minimum Gasteiger partial charge on any atom is -0.246 e. The van der Waals surface area contributed by atoms with Gasteiger partial charge in [-0.3, -0.25) is 0 Å². The third kappa shape index (κ3) is 5.81. The van der Waals surface area contributed by atoms with E-state index in [9.17, 15) is 0 Å². The van der Waals surface area contributed by atoms with Crippen LogP contribution in [0.25, 0.3) is 0 Å². The van der Waals surface area contributed by atoms with Crippen molar-refractivity contribution in [2.75, 3.05) is 13.1 Å². The molecule has 212 valence electrons. The van der Waals surface area contributed by atoms with E-state index < -0.39 is 16.1 Å². The zero-order chi connectivity index (χ0) is 28.5. The molecular formula is C36H43N3P2. The molecule has 2 heterocycles. The SMILES string of the molecule is Cc1cccc(P(c2cc(C)cc(C)c2)N(C(C)C)P2[C@H](c3ccccc3)N3CCCCN3[C@H]2c2ccccc2)c1. The summed E-state index contributed by atoms with van der Waals surface area (Å²) in [7, 11) is -1.45. The summed E-state index contributed by atoms with van der Waals surface area (Å²) in [6.07, 6.45) is 2.52. The Hall–Kier alpha value is -2.38. The average Bonchev–Trinajstić information content (AvgIpc) is 3.30. The van der Waals surface area contributed by atoms with Crippen molar-refractivity contribution in [3.8, 4) is 0 Å². The molecule has 0 N–H and O–H groups in total. The summed E-state index contributed by atoms with van der Waals surface area (Å²) in [5.74, 6) is 0.694. The number of nitrogens with zero attached hydrogens (tertiary/aromatic N) is 3. The van der Waals surface area contributed by atoms with Crippen molar-refractivity contribution in [2.24, 2.45) is 0 Å². The standard InChI is InChI=1S/C36H43N3P2/c1-27(2)39(40(33-20-14-15-28(3)24-33)34-25-29(4)23-30(5)26-34)41-35(31-16-8-6-9-17-31)37-21-12-13-22-38(37)36(41)32-18-10-7-11-19-32/h6-11,14-20,23-27,35-36H,12-13,21-22H2,1-5H3/t35-,36-,40?/m1/s1. The highest BCUT2D eigenvalue weighted by Gasteiger charge is 2.53. The lowest BCUT2D eigenvalue weighted by Crippen LogP contribution is -2.43. The Morgan fingerprint density at radius 3 is 1.63 bits per heavy atom. The van der Waals surface area contributed by atoms with Crippen LogP contribution in [0, 0.1) is 20.8 Å². The maximum Gasteiger partial charge on any atom is 0.0847 e. The Bertz CT molecular complexity index is 1380. The maximum absolute atomic E-state index is 3.00. The van der Waals surface area contributed by atoms with Gasteiger partial charge < -0.3 is 0 Å². The van der Waals surface area contributed by atoms with E-state index in [1.807, 2.05) is 0 Å². The summed E-state index contributed by atoms with van der Waals surface area (Å²) in [5, 5.41) is 8.46. The molecule has 0 aliphatic carbocycles. The number of fused-ring (bicyclic) bond motifs is 1. The van der Waals surface area contributed by atoms with Gasteiger partial charge in [0.25, 0.3) is 0 Å². The smallest absolute Gasteiger partial charge is 0.0847 e. The summed E-state index contributed by atoms with van der Waals surface area (Å²) in [5.41, 5.74) is 6.94. The number of rotatable bonds is 7. The molecule has 4 aromatic rings. The van der Waals surface area contributed by atoms with E-state index in [1.54, 1.807) is 0 Å². The molecule has 0 bridgehead atoms. The molecule has 2 aliphatic heterocycles. The average molecular weight is 580 g/mol. The second-order valence-electron chi connectivity index (χ2n) is 11.9. The van der Waals surface area contributed by atoms with Crippen molar-refractivity contribution >= 4 is 26.8 Å². The maximum atomic E-state index is 3.00. The van der Waals surface area contributed by atoms with E-state index in [4.69, 9.17) is 0 Å². The number of benzene rings is 4. The molecule has 0 amide bonds. The molecule has 0 saturated carbocycles. The highest BCUT2D eigenvalue weighted by molar-refractivity contribution is 7.79. The highest BCUT2D eigenvalue weighted by atomic mass is 31.2. The van der Waals surface area contributed by atoms with E-state index >= 15 is 0 Å². The molecule has 4 aromatic carbocycles. The largest absolute Gasteiger partial charge is 0.246 e. The van der Waals surface area contributed by atoms with Gasteiger partial charge in [0.2, 0.25) is 0 Å². The van der Waals surface area contributed by atoms with Gasteiger partial charge in [-0.25, -0.2) is 14.5 Å². The fraction of sp³-hybridized carbons (Fsp3) is 0.333. The molecule has 0 radical (unpaired) electrons. The van der Waals surface area contributed by atoms with Crippen LogP contribution in [0.15, 0.2) is 103 Å². The van der Waals surface area contributed by atoms with E-state index in [0.29, 0.717) is 17.6 Å². The first-order valence-electron chi connectivity index (χ1n) is 15.1. The number of aryl methyl sites for hydroxylation is 3. The summed E-state index contributed by atoms with van der Waals surface area (Å²) in [6, 6.07) is 39.8. The molecule has 5 heteroatoms. The molecule has 1 unspecified atom stereocenters. The molecule has 0 aromatic heterocycles. The van der Waals surface area contributed by atoms with Gasteiger partial charge in [-0.1, -0.05) is 102 Å². The van der Waals surface area contributed by atoms with Crippen LogP contribution < -0.4 is 10.6 Å². The minimum absolute atomic E-state index is 0.347. The molecule has 0 spiro atoms. The first-order valence-corrected chi connectivity index (χ1v) is 17.8. The first kappa shape index (κ1) is 28.7. The highest BCUT2D eigenvalue weighted by Crippen LogP contribution is 2.76. The van der Waals surface area contributed by atoms with E-state index in [-0.39, 0.29) is 0 Å². The van der Waals surface area contributed by atoms with E-state index in [0.717, 1.165) is 13.1 Å².